The molecule has 0 bridgehead atoms. The van der Waals surface area contributed by atoms with E-state index < -0.39 is 10.0 Å². The van der Waals surface area contributed by atoms with Crippen LogP contribution in [0.3, 0.4) is 0 Å². The highest BCUT2D eigenvalue weighted by atomic mass is 35.5. The number of sulfonamides is 1. The Bertz CT molecular complexity index is 704. The molecular formula is C15H17ClN2O3S. The third-order valence-corrected chi connectivity index (χ3v) is 6.31. The van der Waals surface area contributed by atoms with Gasteiger partial charge in [0.05, 0.1) is 22.1 Å². The first kappa shape index (κ1) is 15.8. The molecule has 1 saturated carbocycles. The molecular weight excluding hydrogens is 324 g/mol. The molecule has 0 radical (unpaired) electrons. The number of hydrogen-bond acceptors (Lipinski definition) is 4. The van der Waals surface area contributed by atoms with Crippen molar-refractivity contribution in [1.82, 2.24) is 4.31 Å². The molecule has 1 aliphatic heterocycles. The Kier molecular flexibility index (Phi) is 4.42. The number of ether oxygens (including phenoxy) is 1. The van der Waals surface area contributed by atoms with E-state index in [0.29, 0.717) is 19.8 Å². The Morgan fingerprint density at radius 3 is 2.68 bits per heavy atom. The van der Waals surface area contributed by atoms with Gasteiger partial charge < -0.3 is 4.74 Å². The number of benzene rings is 1. The average Bonchev–Trinajstić information content (AvgIpc) is 3.20. The molecule has 1 heterocycles. The van der Waals surface area contributed by atoms with Crippen LogP contribution in [0.2, 0.25) is 5.02 Å². The molecule has 1 atom stereocenters. The zero-order chi connectivity index (χ0) is 15.7. The molecule has 1 aliphatic carbocycles. The minimum atomic E-state index is -3.59. The lowest BCUT2D eigenvalue weighted by molar-refractivity contribution is 0.180. The maximum atomic E-state index is 12.9. The van der Waals surface area contributed by atoms with Crippen LogP contribution in [0.5, 0.6) is 0 Å². The Labute approximate surface area is 135 Å². The van der Waals surface area contributed by atoms with Crippen LogP contribution in [-0.4, -0.2) is 38.5 Å². The van der Waals surface area contributed by atoms with Crippen LogP contribution >= 0.6 is 11.6 Å². The fourth-order valence-electron chi connectivity index (χ4n) is 2.67. The summed E-state index contributed by atoms with van der Waals surface area (Å²) in [6.07, 6.45) is 2.69. The molecule has 2 aliphatic rings. The SMILES string of the molecule is N#Cc1ccc(S(=O)(=O)N(C[C@@H]2CCOC2)C2CC2)cc1Cl. The molecule has 1 saturated heterocycles. The lowest BCUT2D eigenvalue weighted by atomic mass is 10.1. The second kappa shape index (κ2) is 6.17. The normalized spacial score (nSPS) is 22.0. The summed E-state index contributed by atoms with van der Waals surface area (Å²) >= 11 is 5.98. The van der Waals surface area contributed by atoms with E-state index in [-0.39, 0.29) is 27.4 Å². The lowest BCUT2D eigenvalue weighted by Crippen LogP contribution is -2.37. The summed E-state index contributed by atoms with van der Waals surface area (Å²) in [5.74, 6) is 0.254. The van der Waals surface area contributed by atoms with Crippen molar-refractivity contribution >= 4 is 21.6 Å². The molecule has 3 rings (SSSR count). The highest BCUT2D eigenvalue weighted by Gasteiger charge is 2.39. The van der Waals surface area contributed by atoms with E-state index in [1.54, 1.807) is 4.31 Å². The van der Waals surface area contributed by atoms with Gasteiger partial charge in [-0.15, -0.1) is 0 Å². The highest BCUT2D eigenvalue weighted by Crippen LogP contribution is 2.34. The monoisotopic (exact) mass is 340 g/mol. The third kappa shape index (κ3) is 3.13. The zero-order valence-corrected chi connectivity index (χ0v) is 13.6. The number of hydrogen-bond donors (Lipinski definition) is 0. The first-order chi connectivity index (χ1) is 10.5. The van der Waals surface area contributed by atoms with Crippen molar-refractivity contribution in [2.75, 3.05) is 19.8 Å². The summed E-state index contributed by atoms with van der Waals surface area (Å²) in [7, 11) is -3.59. The second-order valence-electron chi connectivity index (χ2n) is 5.79. The maximum Gasteiger partial charge on any atom is 0.243 e. The topological polar surface area (TPSA) is 70.4 Å². The van der Waals surface area contributed by atoms with E-state index in [1.807, 2.05) is 6.07 Å². The van der Waals surface area contributed by atoms with Gasteiger partial charge in [0.2, 0.25) is 10.0 Å². The number of nitrogens with zero attached hydrogens (tertiary/aromatic N) is 2. The Hall–Kier alpha value is -1.13. The Morgan fingerprint density at radius 1 is 1.36 bits per heavy atom. The summed E-state index contributed by atoms with van der Waals surface area (Å²) in [4.78, 5) is 0.155. The van der Waals surface area contributed by atoms with Crippen molar-refractivity contribution < 1.29 is 13.2 Å². The van der Waals surface area contributed by atoms with E-state index in [2.05, 4.69) is 0 Å². The third-order valence-electron chi connectivity index (χ3n) is 4.08. The van der Waals surface area contributed by atoms with Gasteiger partial charge in [0.25, 0.3) is 0 Å². The number of nitriles is 1. The molecule has 118 valence electrons. The largest absolute Gasteiger partial charge is 0.381 e. The van der Waals surface area contributed by atoms with Crippen LogP contribution in [0.1, 0.15) is 24.8 Å². The van der Waals surface area contributed by atoms with E-state index >= 15 is 0 Å². The lowest BCUT2D eigenvalue weighted by Gasteiger charge is -2.24. The fraction of sp³-hybridized carbons (Fsp3) is 0.533. The van der Waals surface area contributed by atoms with Crippen molar-refractivity contribution in [3.05, 3.63) is 28.8 Å². The van der Waals surface area contributed by atoms with Gasteiger partial charge in [0.15, 0.2) is 0 Å². The van der Waals surface area contributed by atoms with Crippen LogP contribution in [0.15, 0.2) is 23.1 Å². The first-order valence-electron chi connectivity index (χ1n) is 7.31. The predicted molar refractivity (Wildman–Crippen MR) is 82.0 cm³/mol. The van der Waals surface area contributed by atoms with Crippen molar-refractivity contribution in [2.24, 2.45) is 5.92 Å². The molecule has 0 unspecified atom stereocenters. The predicted octanol–water partition coefficient (Wildman–Crippen LogP) is 2.40. The van der Waals surface area contributed by atoms with Crippen LogP contribution in [0.4, 0.5) is 0 Å². The van der Waals surface area contributed by atoms with Crippen molar-refractivity contribution in [3.8, 4) is 6.07 Å². The molecule has 1 aromatic carbocycles. The molecule has 5 nitrogen and oxygen atoms in total. The summed E-state index contributed by atoms with van der Waals surface area (Å²) in [6.45, 7) is 1.81. The summed E-state index contributed by atoms with van der Waals surface area (Å²) in [6, 6.07) is 6.31. The van der Waals surface area contributed by atoms with Gasteiger partial charge in [0.1, 0.15) is 6.07 Å². The minimum absolute atomic E-state index is 0.0834. The maximum absolute atomic E-state index is 12.9. The second-order valence-corrected chi connectivity index (χ2v) is 8.09. The van der Waals surface area contributed by atoms with Crippen molar-refractivity contribution in [2.45, 2.75) is 30.2 Å². The summed E-state index contributed by atoms with van der Waals surface area (Å²) < 4.78 is 32.7. The van der Waals surface area contributed by atoms with E-state index in [4.69, 9.17) is 21.6 Å². The van der Waals surface area contributed by atoms with Crippen LogP contribution < -0.4 is 0 Å². The first-order valence-corrected chi connectivity index (χ1v) is 9.13. The van der Waals surface area contributed by atoms with E-state index in [9.17, 15) is 8.42 Å². The Morgan fingerprint density at radius 2 is 2.14 bits per heavy atom. The molecule has 7 heteroatoms. The molecule has 0 aromatic heterocycles. The van der Waals surface area contributed by atoms with Crippen molar-refractivity contribution in [3.63, 3.8) is 0 Å². The molecule has 22 heavy (non-hydrogen) atoms. The molecule has 1 aromatic rings. The van der Waals surface area contributed by atoms with Gasteiger partial charge in [-0.1, -0.05) is 11.6 Å². The quantitative estimate of drug-likeness (QED) is 0.825. The van der Waals surface area contributed by atoms with Gasteiger partial charge in [-0.2, -0.15) is 9.57 Å². The smallest absolute Gasteiger partial charge is 0.243 e. The average molecular weight is 341 g/mol. The standard InChI is InChI=1S/C15H17ClN2O3S/c16-15-7-14(4-1-12(15)8-17)22(19,20)18(13-2-3-13)9-11-5-6-21-10-11/h1,4,7,11,13H,2-3,5-6,9-10H2/t11-/m0/s1. The van der Waals surface area contributed by atoms with Crippen molar-refractivity contribution in [1.29, 1.82) is 5.26 Å². The number of halogens is 1. The molecule has 0 N–H and O–H groups in total. The zero-order valence-electron chi connectivity index (χ0n) is 12.0. The number of rotatable bonds is 5. The van der Waals surface area contributed by atoms with E-state index in [1.165, 1.54) is 18.2 Å². The van der Waals surface area contributed by atoms with Gasteiger partial charge in [0, 0.05) is 19.2 Å². The summed E-state index contributed by atoms with van der Waals surface area (Å²) in [5, 5.41) is 9.07. The van der Waals surface area contributed by atoms with Gasteiger partial charge in [-0.25, -0.2) is 8.42 Å². The van der Waals surface area contributed by atoms with Crippen LogP contribution in [-0.2, 0) is 14.8 Å². The minimum Gasteiger partial charge on any atom is -0.381 e. The molecule has 0 spiro atoms. The molecule has 0 amide bonds. The summed E-state index contributed by atoms with van der Waals surface area (Å²) in [5.41, 5.74) is 0.280. The molecule has 2 fully saturated rings. The van der Waals surface area contributed by atoms with Gasteiger partial charge in [-0.3, -0.25) is 0 Å². The van der Waals surface area contributed by atoms with E-state index in [0.717, 1.165) is 19.3 Å². The highest BCUT2D eigenvalue weighted by molar-refractivity contribution is 7.89. The van der Waals surface area contributed by atoms with Crippen LogP contribution in [0, 0.1) is 17.2 Å². The Balaban J connectivity index is 1.88. The fourth-order valence-corrected chi connectivity index (χ4v) is 4.75. The van der Waals surface area contributed by atoms with Crippen LogP contribution in [0.25, 0.3) is 0 Å². The van der Waals surface area contributed by atoms with Gasteiger partial charge in [-0.05, 0) is 43.4 Å². The van der Waals surface area contributed by atoms with Gasteiger partial charge >= 0.3 is 0 Å².